The minimum Gasteiger partial charge on any atom is -0.480 e. The highest BCUT2D eigenvalue weighted by Gasteiger charge is 2.42. The van der Waals surface area contributed by atoms with Gasteiger partial charge in [-0.15, -0.1) is 0 Å². The van der Waals surface area contributed by atoms with E-state index in [-0.39, 0.29) is 11.5 Å². The molecule has 2 rings (SSSR count). The number of hydrogen-bond acceptors (Lipinski definition) is 4. The van der Waals surface area contributed by atoms with E-state index in [1.165, 1.54) is 12.1 Å². The largest absolute Gasteiger partial charge is 0.480 e. The number of rotatable bonds is 4. The van der Waals surface area contributed by atoms with Gasteiger partial charge in [0.2, 0.25) is 11.7 Å². The molecule has 122 valence electrons. The summed E-state index contributed by atoms with van der Waals surface area (Å²) >= 11 is 0. The van der Waals surface area contributed by atoms with Gasteiger partial charge in [0.25, 0.3) is 5.91 Å². The summed E-state index contributed by atoms with van der Waals surface area (Å²) < 4.78 is 43.7. The zero-order valence-corrected chi connectivity index (χ0v) is 11.7. The third kappa shape index (κ3) is 3.68. The Morgan fingerprint density at radius 2 is 1.87 bits per heavy atom. The summed E-state index contributed by atoms with van der Waals surface area (Å²) in [5.74, 6) is -4.63. The Bertz CT molecular complexity index is 725. The summed E-state index contributed by atoms with van der Waals surface area (Å²) in [6.07, 6.45) is -4.95. The second kappa shape index (κ2) is 6.11. The van der Waals surface area contributed by atoms with E-state index in [1.807, 2.05) is 5.32 Å². The lowest BCUT2D eigenvalue weighted by atomic mass is 10.2. The van der Waals surface area contributed by atoms with Gasteiger partial charge >= 0.3 is 12.1 Å². The van der Waals surface area contributed by atoms with Gasteiger partial charge in [0.15, 0.2) is 5.69 Å². The standard InChI is InChI=1S/C14H11F3N2O4/c1-7(13(21)22)18-11(20)9-10(14(15,16)17)23-12(19-9)8-5-3-2-4-6-8/h2-7H,1H3,(H,18,20)(H,21,22). The molecule has 9 heteroatoms. The maximum Gasteiger partial charge on any atom is 0.452 e. The van der Waals surface area contributed by atoms with E-state index in [0.717, 1.165) is 6.92 Å². The normalized spacial score (nSPS) is 12.7. The van der Waals surface area contributed by atoms with E-state index in [9.17, 15) is 22.8 Å². The molecule has 0 spiro atoms. The van der Waals surface area contributed by atoms with Crippen LogP contribution in [0.15, 0.2) is 34.7 Å². The number of hydrogen-bond donors (Lipinski definition) is 2. The first-order valence-corrected chi connectivity index (χ1v) is 6.37. The lowest BCUT2D eigenvalue weighted by Crippen LogP contribution is -2.39. The number of nitrogens with zero attached hydrogens (tertiary/aromatic N) is 1. The molecule has 0 saturated carbocycles. The number of aliphatic carboxylic acids is 1. The summed E-state index contributed by atoms with van der Waals surface area (Å²) in [6.45, 7) is 1.12. The molecular formula is C14H11F3N2O4. The number of halogens is 3. The fourth-order valence-corrected chi connectivity index (χ4v) is 1.70. The van der Waals surface area contributed by atoms with E-state index in [4.69, 9.17) is 5.11 Å². The SMILES string of the molecule is CC(NC(=O)c1nc(-c2ccccc2)oc1C(F)(F)F)C(=O)O. The van der Waals surface area contributed by atoms with E-state index in [1.54, 1.807) is 18.2 Å². The third-order valence-corrected chi connectivity index (χ3v) is 2.84. The van der Waals surface area contributed by atoms with Crippen molar-refractivity contribution in [2.75, 3.05) is 0 Å². The molecule has 1 unspecified atom stereocenters. The lowest BCUT2D eigenvalue weighted by molar-refractivity contribution is -0.153. The van der Waals surface area contributed by atoms with Crippen LogP contribution < -0.4 is 5.32 Å². The molecule has 6 nitrogen and oxygen atoms in total. The Morgan fingerprint density at radius 1 is 1.26 bits per heavy atom. The Labute approximate surface area is 127 Å². The predicted molar refractivity (Wildman–Crippen MR) is 71.5 cm³/mol. The van der Waals surface area contributed by atoms with Crippen LogP contribution >= 0.6 is 0 Å². The van der Waals surface area contributed by atoms with Crippen molar-refractivity contribution in [1.82, 2.24) is 10.3 Å². The molecule has 2 aromatic rings. The molecule has 2 N–H and O–H groups in total. The highest BCUT2D eigenvalue weighted by molar-refractivity contribution is 5.96. The van der Waals surface area contributed by atoms with Crippen LogP contribution in [0.25, 0.3) is 11.5 Å². The van der Waals surface area contributed by atoms with Crippen molar-refractivity contribution >= 4 is 11.9 Å². The van der Waals surface area contributed by atoms with Gasteiger partial charge < -0.3 is 14.8 Å². The van der Waals surface area contributed by atoms with Crippen molar-refractivity contribution in [2.24, 2.45) is 0 Å². The average Bonchev–Trinajstić information content (AvgIpc) is 2.93. The molecule has 0 aliphatic rings. The van der Waals surface area contributed by atoms with E-state index >= 15 is 0 Å². The fraction of sp³-hybridized carbons (Fsp3) is 0.214. The number of carboxylic acid groups (broad SMARTS) is 1. The van der Waals surface area contributed by atoms with Crippen LogP contribution in [0.5, 0.6) is 0 Å². The number of nitrogens with one attached hydrogen (secondary N) is 1. The molecule has 1 atom stereocenters. The molecule has 0 fully saturated rings. The predicted octanol–water partition coefficient (Wildman–Crippen LogP) is 2.56. The van der Waals surface area contributed by atoms with Crippen LogP contribution in [0.2, 0.25) is 0 Å². The highest BCUT2D eigenvalue weighted by atomic mass is 19.4. The number of amides is 1. The van der Waals surface area contributed by atoms with Gasteiger partial charge in [0, 0.05) is 5.56 Å². The second-order valence-corrected chi connectivity index (χ2v) is 4.59. The third-order valence-electron chi connectivity index (χ3n) is 2.84. The zero-order valence-electron chi connectivity index (χ0n) is 11.7. The number of alkyl halides is 3. The number of carbonyl (C=O) groups is 2. The second-order valence-electron chi connectivity index (χ2n) is 4.59. The van der Waals surface area contributed by atoms with Crippen molar-refractivity contribution in [3.05, 3.63) is 41.8 Å². The van der Waals surface area contributed by atoms with Crippen LogP contribution in [0.1, 0.15) is 23.2 Å². The number of aromatic nitrogens is 1. The van der Waals surface area contributed by atoms with Crippen molar-refractivity contribution < 1.29 is 32.3 Å². The van der Waals surface area contributed by atoms with Crippen molar-refractivity contribution in [2.45, 2.75) is 19.1 Å². The quantitative estimate of drug-likeness (QED) is 0.900. The molecule has 0 saturated heterocycles. The molecule has 0 aliphatic heterocycles. The monoisotopic (exact) mass is 328 g/mol. The maximum atomic E-state index is 13.0. The Hall–Kier alpha value is -2.84. The van der Waals surface area contributed by atoms with E-state index in [0.29, 0.717) is 0 Å². The lowest BCUT2D eigenvalue weighted by Gasteiger charge is -2.09. The van der Waals surface area contributed by atoms with E-state index < -0.39 is 35.5 Å². The molecule has 0 radical (unpaired) electrons. The number of benzene rings is 1. The smallest absolute Gasteiger partial charge is 0.452 e. The van der Waals surface area contributed by atoms with E-state index in [2.05, 4.69) is 9.40 Å². The molecule has 1 aromatic heterocycles. The van der Waals surface area contributed by atoms with Crippen LogP contribution in [-0.4, -0.2) is 28.0 Å². The maximum absolute atomic E-state index is 13.0. The zero-order chi connectivity index (χ0) is 17.2. The van der Waals surface area contributed by atoms with Gasteiger partial charge in [-0.2, -0.15) is 13.2 Å². The first kappa shape index (κ1) is 16.5. The Kier molecular flexibility index (Phi) is 4.39. The first-order valence-electron chi connectivity index (χ1n) is 6.37. The topological polar surface area (TPSA) is 92.4 Å². The molecule has 1 amide bonds. The van der Waals surface area contributed by atoms with Gasteiger partial charge in [-0.1, -0.05) is 18.2 Å². The average molecular weight is 328 g/mol. The van der Waals surface area contributed by atoms with Crippen molar-refractivity contribution in [3.8, 4) is 11.5 Å². The van der Waals surface area contributed by atoms with Gasteiger partial charge in [-0.05, 0) is 19.1 Å². The highest BCUT2D eigenvalue weighted by Crippen LogP contribution is 2.35. The molecule has 23 heavy (non-hydrogen) atoms. The van der Waals surface area contributed by atoms with Crippen molar-refractivity contribution in [1.29, 1.82) is 0 Å². The summed E-state index contributed by atoms with van der Waals surface area (Å²) in [6, 6.07) is 6.35. The Balaban J connectivity index is 2.43. The summed E-state index contributed by atoms with van der Waals surface area (Å²) in [4.78, 5) is 26.1. The van der Waals surface area contributed by atoms with Crippen LogP contribution in [0.4, 0.5) is 13.2 Å². The summed E-state index contributed by atoms with van der Waals surface area (Å²) in [5.41, 5.74) is -0.757. The molecule has 0 bridgehead atoms. The number of carbonyl (C=O) groups excluding carboxylic acids is 1. The van der Waals surface area contributed by atoms with Gasteiger partial charge in [-0.3, -0.25) is 9.59 Å². The molecule has 1 heterocycles. The summed E-state index contributed by atoms with van der Waals surface area (Å²) in [5, 5.41) is 10.6. The van der Waals surface area contributed by atoms with Crippen LogP contribution in [-0.2, 0) is 11.0 Å². The van der Waals surface area contributed by atoms with Crippen LogP contribution in [0, 0.1) is 0 Å². The Morgan fingerprint density at radius 3 is 2.39 bits per heavy atom. The van der Waals surface area contributed by atoms with Gasteiger partial charge in [-0.25, -0.2) is 4.98 Å². The first-order chi connectivity index (χ1) is 10.7. The minimum atomic E-state index is -4.95. The van der Waals surface area contributed by atoms with Gasteiger partial charge in [0.1, 0.15) is 6.04 Å². The fourth-order valence-electron chi connectivity index (χ4n) is 1.70. The van der Waals surface area contributed by atoms with Gasteiger partial charge in [0.05, 0.1) is 0 Å². The summed E-state index contributed by atoms with van der Waals surface area (Å²) in [7, 11) is 0. The molecular weight excluding hydrogens is 317 g/mol. The van der Waals surface area contributed by atoms with Crippen molar-refractivity contribution in [3.63, 3.8) is 0 Å². The number of carboxylic acids is 1. The molecule has 0 aliphatic carbocycles. The number of oxazole rings is 1. The molecule has 1 aromatic carbocycles. The minimum absolute atomic E-state index is 0.253. The van der Waals surface area contributed by atoms with Crippen LogP contribution in [0.3, 0.4) is 0 Å².